The molecule has 1 unspecified atom stereocenters. The van der Waals surface area contributed by atoms with Crippen LogP contribution in [0.4, 0.5) is 11.4 Å². The number of halogens is 1. The van der Waals surface area contributed by atoms with Crippen LogP contribution in [0.1, 0.15) is 24.8 Å². The van der Waals surface area contributed by atoms with E-state index in [2.05, 4.69) is 21.2 Å². The monoisotopic (exact) mass is 332 g/mol. The summed E-state index contributed by atoms with van der Waals surface area (Å²) in [5.74, 6) is 0.162. The summed E-state index contributed by atoms with van der Waals surface area (Å²) in [5, 5.41) is 2.90. The third kappa shape index (κ3) is 4.10. The van der Waals surface area contributed by atoms with E-state index >= 15 is 0 Å². The molecule has 0 bridgehead atoms. The average Bonchev–Trinajstić information content (AvgIpc) is 2.39. The minimum Gasteiger partial charge on any atom is -0.399 e. The fourth-order valence-corrected chi connectivity index (χ4v) is 2.40. The lowest BCUT2D eigenvalue weighted by molar-refractivity contribution is -0.116. The molecule has 0 fully saturated rings. The van der Waals surface area contributed by atoms with Gasteiger partial charge in [0.1, 0.15) is 0 Å². The van der Waals surface area contributed by atoms with Crippen LogP contribution in [0.5, 0.6) is 0 Å². The number of nitrogen functional groups attached to an aromatic ring is 1. The van der Waals surface area contributed by atoms with E-state index in [1.807, 2.05) is 55.5 Å². The predicted molar refractivity (Wildman–Crippen MR) is 86.7 cm³/mol. The van der Waals surface area contributed by atoms with E-state index in [9.17, 15) is 4.79 Å². The Morgan fingerprint density at radius 2 is 1.95 bits per heavy atom. The SMILES string of the molecule is CC(CC(=O)Nc1cccc(Br)c1)c1ccc(N)cc1. The lowest BCUT2D eigenvalue weighted by Gasteiger charge is -2.12. The third-order valence-corrected chi connectivity index (χ3v) is 3.60. The molecule has 1 atom stereocenters. The molecule has 0 aliphatic rings. The first-order valence-electron chi connectivity index (χ1n) is 6.45. The van der Waals surface area contributed by atoms with Crippen molar-refractivity contribution in [3.63, 3.8) is 0 Å². The molecule has 3 nitrogen and oxygen atoms in total. The van der Waals surface area contributed by atoms with Crippen molar-refractivity contribution >= 4 is 33.2 Å². The first-order chi connectivity index (χ1) is 9.54. The second kappa shape index (κ2) is 6.57. The van der Waals surface area contributed by atoms with E-state index in [-0.39, 0.29) is 11.8 Å². The number of nitrogens with two attached hydrogens (primary N) is 1. The quantitative estimate of drug-likeness (QED) is 0.826. The van der Waals surface area contributed by atoms with Crippen LogP contribution in [0, 0.1) is 0 Å². The van der Waals surface area contributed by atoms with Gasteiger partial charge in [-0.25, -0.2) is 0 Å². The Kier molecular flexibility index (Phi) is 4.79. The minimum atomic E-state index is 0.00688. The predicted octanol–water partition coefficient (Wildman–Crippen LogP) is 4.16. The summed E-state index contributed by atoms with van der Waals surface area (Å²) in [4.78, 5) is 12.0. The Morgan fingerprint density at radius 1 is 1.25 bits per heavy atom. The number of amides is 1. The second-order valence-corrected chi connectivity index (χ2v) is 5.75. The summed E-state index contributed by atoms with van der Waals surface area (Å²) in [7, 11) is 0. The van der Waals surface area contributed by atoms with Gasteiger partial charge in [0.25, 0.3) is 0 Å². The molecule has 0 aliphatic carbocycles. The highest BCUT2D eigenvalue weighted by atomic mass is 79.9. The van der Waals surface area contributed by atoms with Gasteiger partial charge >= 0.3 is 0 Å². The van der Waals surface area contributed by atoms with Gasteiger partial charge in [-0.05, 0) is 41.8 Å². The van der Waals surface area contributed by atoms with E-state index in [1.54, 1.807) is 0 Å². The van der Waals surface area contributed by atoms with Crippen LogP contribution in [0.15, 0.2) is 53.0 Å². The third-order valence-electron chi connectivity index (χ3n) is 3.11. The Labute approximate surface area is 127 Å². The molecule has 104 valence electrons. The first-order valence-corrected chi connectivity index (χ1v) is 7.25. The van der Waals surface area contributed by atoms with E-state index in [1.165, 1.54) is 0 Å². The summed E-state index contributed by atoms with van der Waals surface area (Å²) in [6.45, 7) is 2.03. The first kappa shape index (κ1) is 14.6. The van der Waals surface area contributed by atoms with E-state index in [0.29, 0.717) is 6.42 Å². The summed E-state index contributed by atoms with van der Waals surface area (Å²) >= 11 is 3.38. The molecule has 0 heterocycles. The molecular weight excluding hydrogens is 316 g/mol. The van der Waals surface area contributed by atoms with Gasteiger partial charge in [-0.2, -0.15) is 0 Å². The fraction of sp³-hybridized carbons (Fsp3) is 0.188. The summed E-state index contributed by atoms with van der Waals surface area (Å²) < 4.78 is 0.946. The Morgan fingerprint density at radius 3 is 2.60 bits per heavy atom. The number of nitrogens with one attached hydrogen (secondary N) is 1. The Bertz CT molecular complexity index is 596. The zero-order chi connectivity index (χ0) is 14.5. The molecule has 0 spiro atoms. The highest BCUT2D eigenvalue weighted by Crippen LogP contribution is 2.21. The molecule has 4 heteroatoms. The average molecular weight is 333 g/mol. The number of anilines is 2. The van der Waals surface area contributed by atoms with Crippen molar-refractivity contribution < 1.29 is 4.79 Å². The van der Waals surface area contributed by atoms with Gasteiger partial charge < -0.3 is 11.1 Å². The van der Waals surface area contributed by atoms with Crippen molar-refractivity contribution in [3.8, 4) is 0 Å². The van der Waals surface area contributed by atoms with Crippen molar-refractivity contribution in [3.05, 3.63) is 58.6 Å². The number of carbonyl (C=O) groups is 1. The van der Waals surface area contributed by atoms with Crippen molar-refractivity contribution in [2.45, 2.75) is 19.3 Å². The molecule has 0 aliphatic heterocycles. The van der Waals surface area contributed by atoms with Gasteiger partial charge in [0, 0.05) is 22.3 Å². The fourth-order valence-electron chi connectivity index (χ4n) is 2.00. The Balaban J connectivity index is 1.95. The lowest BCUT2D eigenvalue weighted by atomic mass is 9.97. The maximum absolute atomic E-state index is 12.0. The van der Waals surface area contributed by atoms with Crippen molar-refractivity contribution in [2.75, 3.05) is 11.1 Å². The van der Waals surface area contributed by atoms with Crippen LogP contribution in [0.3, 0.4) is 0 Å². The van der Waals surface area contributed by atoms with Crippen LogP contribution in [0.2, 0.25) is 0 Å². The number of benzene rings is 2. The summed E-state index contributed by atoms with van der Waals surface area (Å²) in [6.07, 6.45) is 0.441. The largest absolute Gasteiger partial charge is 0.399 e. The van der Waals surface area contributed by atoms with Gasteiger partial charge in [-0.3, -0.25) is 4.79 Å². The Hall–Kier alpha value is -1.81. The van der Waals surface area contributed by atoms with Crippen molar-refractivity contribution in [1.29, 1.82) is 0 Å². The summed E-state index contributed by atoms with van der Waals surface area (Å²) in [5.41, 5.74) is 8.31. The van der Waals surface area contributed by atoms with Crippen molar-refractivity contribution in [2.24, 2.45) is 0 Å². The van der Waals surface area contributed by atoms with Crippen molar-refractivity contribution in [1.82, 2.24) is 0 Å². The van der Waals surface area contributed by atoms with Gasteiger partial charge in [-0.15, -0.1) is 0 Å². The zero-order valence-corrected chi connectivity index (χ0v) is 12.9. The second-order valence-electron chi connectivity index (χ2n) is 4.83. The highest BCUT2D eigenvalue weighted by molar-refractivity contribution is 9.10. The number of hydrogen-bond donors (Lipinski definition) is 2. The number of carbonyl (C=O) groups excluding carboxylic acids is 1. The smallest absolute Gasteiger partial charge is 0.224 e. The van der Waals surface area contributed by atoms with Gasteiger partial charge in [0.2, 0.25) is 5.91 Å². The van der Waals surface area contributed by atoms with Crippen LogP contribution < -0.4 is 11.1 Å². The molecule has 0 saturated heterocycles. The van der Waals surface area contributed by atoms with E-state index in [4.69, 9.17) is 5.73 Å². The minimum absolute atomic E-state index is 0.00688. The van der Waals surface area contributed by atoms with E-state index in [0.717, 1.165) is 21.4 Å². The van der Waals surface area contributed by atoms with Gasteiger partial charge in [0.15, 0.2) is 0 Å². The molecule has 1 amide bonds. The molecule has 0 radical (unpaired) electrons. The summed E-state index contributed by atoms with van der Waals surface area (Å²) in [6, 6.07) is 15.2. The van der Waals surface area contributed by atoms with Crippen LogP contribution in [-0.4, -0.2) is 5.91 Å². The maximum atomic E-state index is 12.0. The molecular formula is C16H17BrN2O. The lowest BCUT2D eigenvalue weighted by Crippen LogP contribution is -2.14. The van der Waals surface area contributed by atoms with Crippen LogP contribution in [0.25, 0.3) is 0 Å². The van der Waals surface area contributed by atoms with E-state index < -0.39 is 0 Å². The van der Waals surface area contributed by atoms with Gasteiger partial charge in [-0.1, -0.05) is 41.1 Å². The topological polar surface area (TPSA) is 55.1 Å². The molecule has 2 rings (SSSR count). The molecule has 0 saturated carbocycles. The highest BCUT2D eigenvalue weighted by Gasteiger charge is 2.11. The molecule has 2 aromatic carbocycles. The molecule has 20 heavy (non-hydrogen) atoms. The molecule has 3 N–H and O–H groups in total. The van der Waals surface area contributed by atoms with Gasteiger partial charge in [0.05, 0.1) is 0 Å². The zero-order valence-electron chi connectivity index (χ0n) is 11.3. The normalized spacial score (nSPS) is 11.9. The van der Waals surface area contributed by atoms with Crippen LogP contribution >= 0.6 is 15.9 Å². The molecule has 0 aromatic heterocycles. The van der Waals surface area contributed by atoms with Crippen LogP contribution in [-0.2, 0) is 4.79 Å². The number of rotatable bonds is 4. The standard InChI is InChI=1S/C16H17BrN2O/c1-11(12-5-7-14(18)8-6-12)9-16(20)19-15-4-2-3-13(17)10-15/h2-8,10-11H,9,18H2,1H3,(H,19,20). The number of hydrogen-bond acceptors (Lipinski definition) is 2. The maximum Gasteiger partial charge on any atom is 0.224 e. The molecule has 2 aromatic rings.